The predicted molar refractivity (Wildman–Crippen MR) is 85.4 cm³/mol. The Morgan fingerprint density at radius 2 is 2.00 bits per heavy atom. The third-order valence-corrected chi connectivity index (χ3v) is 4.33. The van der Waals surface area contributed by atoms with Crippen molar-refractivity contribution in [2.75, 3.05) is 19.8 Å². The van der Waals surface area contributed by atoms with Gasteiger partial charge in [0.1, 0.15) is 6.54 Å². The zero-order chi connectivity index (χ0) is 16.4. The third-order valence-electron chi connectivity index (χ3n) is 4.33. The average molecular weight is 316 g/mol. The second kappa shape index (κ2) is 6.42. The fraction of sp³-hybridized carbons (Fsp3) is 0.412. The lowest BCUT2D eigenvalue weighted by molar-refractivity contribution is -0.138. The molecule has 0 spiro atoms. The normalized spacial score (nSPS) is 15.7. The van der Waals surface area contributed by atoms with Crippen LogP contribution in [0.2, 0.25) is 0 Å². The van der Waals surface area contributed by atoms with Crippen LogP contribution in [0.1, 0.15) is 23.2 Å². The lowest BCUT2D eigenvalue weighted by atomic mass is 10.0. The van der Waals surface area contributed by atoms with Gasteiger partial charge in [0.15, 0.2) is 0 Å². The van der Waals surface area contributed by atoms with E-state index in [9.17, 15) is 14.7 Å². The van der Waals surface area contributed by atoms with Crippen LogP contribution in [-0.2, 0) is 16.6 Å². The number of aryl methyl sites for hydroxylation is 1. The van der Waals surface area contributed by atoms with Gasteiger partial charge in [-0.15, -0.1) is 0 Å². The molecule has 122 valence electrons. The van der Waals surface area contributed by atoms with Crippen molar-refractivity contribution >= 4 is 22.8 Å². The van der Waals surface area contributed by atoms with Crippen molar-refractivity contribution in [2.24, 2.45) is 7.05 Å². The highest BCUT2D eigenvalue weighted by Crippen LogP contribution is 2.24. The minimum Gasteiger partial charge on any atom is -0.480 e. The minimum absolute atomic E-state index is 0.0914. The third kappa shape index (κ3) is 3.07. The van der Waals surface area contributed by atoms with E-state index in [4.69, 9.17) is 4.74 Å². The Morgan fingerprint density at radius 3 is 2.70 bits per heavy atom. The van der Waals surface area contributed by atoms with Gasteiger partial charge in [-0.1, -0.05) is 18.2 Å². The van der Waals surface area contributed by atoms with E-state index >= 15 is 0 Å². The number of hydrogen-bond donors (Lipinski definition) is 1. The molecule has 0 saturated carbocycles. The number of carbonyl (C=O) groups is 2. The number of aliphatic carboxylic acids is 1. The van der Waals surface area contributed by atoms with E-state index in [0.717, 1.165) is 10.9 Å². The van der Waals surface area contributed by atoms with E-state index in [0.29, 0.717) is 31.6 Å². The van der Waals surface area contributed by atoms with Crippen molar-refractivity contribution in [2.45, 2.75) is 18.9 Å². The van der Waals surface area contributed by atoms with E-state index in [1.165, 1.54) is 4.90 Å². The van der Waals surface area contributed by atoms with Gasteiger partial charge in [-0.2, -0.15) is 0 Å². The maximum absolute atomic E-state index is 13.0. The van der Waals surface area contributed by atoms with E-state index in [2.05, 4.69) is 0 Å². The second-order valence-electron chi connectivity index (χ2n) is 5.84. The SMILES string of the molecule is Cn1cc(C(=O)N(CC(=O)O)C2CCOCC2)c2ccccc21. The van der Waals surface area contributed by atoms with Crippen LogP contribution >= 0.6 is 0 Å². The number of carboxylic acids is 1. The topological polar surface area (TPSA) is 71.8 Å². The highest BCUT2D eigenvalue weighted by atomic mass is 16.5. The molecule has 23 heavy (non-hydrogen) atoms. The summed E-state index contributed by atoms with van der Waals surface area (Å²) in [7, 11) is 1.88. The van der Waals surface area contributed by atoms with Crippen molar-refractivity contribution in [3.63, 3.8) is 0 Å². The quantitative estimate of drug-likeness (QED) is 0.935. The van der Waals surface area contributed by atoms with Gasteiger partial charge in [-0.3, -0.25) is 9.59 Å². The lowest BCUT2D eigenvalue weighted by Gasteiger charge is -2.33. The van der Waals surface area contributed by atoms with Crippen LogP contribution in [-0.4, -0.2) is 52.3 Å². The van der Waals surface area contributed by atoms with Gasteiger partial charge in [0.05, 0.1) is 5.56 Å². The summed E-state index contributed by atoms with van der Waals surface area (Å²) in [6.45, 7) is 0.833. The Morgan fingerprint density at radius 1 is 1.30 bits per heavy atom. The Kier molecular flexibility index (Phi) is 4.34. The number of benzene rings is 1. The largest absolute Gasteiger partial charge is 0.480 e. The van der Waals surface area contributed by atoms with E-state index < -0.39 is 5.97 Å². The number of fused-ring (bicyclic) bond motifs is 1. The number of rotatable bonds is 4. The maximum atomic E-state index is 13.0. The fourth-order valence-electron chi connectivity index (χ4n) is 3.18. The molecular weight excluding hydrogens is 296 g/mol. The lowest BCUT2D eigenvalue weighted by Crippen LogP contribution is -2.46. The molecule has 0 bridgehead atoms. The molecule has 0 atom stereocenters. The summed E-state index contributed by atoms with van der Waals surface area (Å²) in [6.07, 6.45) is 3.12. The molecule has 1 aromatic heterocycles. The average Bonchev–Trinajstić information content (AvgIpc) is 2.90. The molecule has 0 unspecified atom stereocenters. The van der Waals surface area contributed by atoms with Crippen LogP contribution < -0.4 is 0 Å². The first-order valence-electron chi connectivity index (χ1n) is 7.72. The summed E-state index contributed by atoms with van der Waals surface area (Å²) >= 11 is 0. The Balaban J connectivity index is 1.97. The smallest absolute Gasteiger partial charge is 0.323 e. The number of ether oxygens (including phenoxy) is 1. The molecule has 0 radical (unpaired) electrons. The van der Waals surface area contributed by atoms with E-state index in [1.54, 1.807) is 6.20 Å². The van der Waals surface area contributed by atoms with Crippen LogP contribution in [0, 0.1) is 0 Å². The maximum Gasteiger partial charge on any atom is 0.323 e. The van der Waals surface area contributed by atoms with Crippen molar-refractivity contribution in [3.05, 3.63) is 36.0 Å². The van der Waals surface area contributed by atoms with Crippen LogP contribution in [0.25, 0.3) is 10.9 Å². The first-order chi connectivity index (χ1) is 11.1. The van der Waals surface area contributed by atoms with Gasteiger partial charge in [-0.25, -0.2) is 0 Å². The fourth-order valence-corrected chi connectivity index (χ4v) is 3.18. The van der Waals surface area contributed by atoms with E-state index in [1.807, 2.05) is 35.9 Å². The molecule has 1 N–H and O–H groups in total. The molecule has 0 aliphatic carbocycles. The second-order valence-corrected chi connectivity index (χ2v) is 5.84. The predicted octanol–water partition coefficient (Wildman–Crippen LogP) is 1.88. The first-order valence-corrected chi connectivity index (χ1v) is 7.72. The highest BCUT2D eigenvalue weighted by molar-refractivity contribution is 6.07. The summed E-state index contributed by atoms with van der Waals surface area (Å²) in [5.41, 5.74) is 1.51. The number of amides is 1. The number of nitrogens with zero attached hydrogens (tertiary/aromatic N) is 2. The van der Waals surface area contributed by atoms with Crippen LogP contribution in [0.5, 0.6) is 0 Å². The summed E-state index contributed by atoms with van der Waals surface area (Å²) in [4.78, 5) is 25.7. The van der Waals surface area contributed by atoms with Gasteiger partial charge in [0.25, 0.3) is 5.91 Å². The monoisotopic (exact) mass is 316 g/mol. The van der Waals surface area contributed by atoms with Crippen molar-refractivity contribution in [1.29, 1.82) is 0 Å². The summed E-state index contributed by atoms with van der Waals surface area (Å²) < 4.78 is 7.22. The molecule has 1 aromatic carbocycles. The molecule has 6 heteroatoms. The molecule has 2 heterocycles. The molecule has 1 saturated heterocycles. The van der Waals surface area contributed by atoms with Crippen molar-refractivity contribution in [3.8, 4) is 0 Å². The minimum atomic E-state index is -0.995. The molecule has 2 aromatic rings. The number of para-hydroxylation sites is 1. The molecule has 1 aliphatic rings. The van der Waals surface area contributed by atoms with Crippen LogP contribution in [0.3, 0.4) is 0 Å². The molecule has 6 nitrogen and oxygen atoms in total. The zero-order valence-electron chi connectivity index (χ0n) is 13.1. The Hall–Kier alpha value is -2.34. The molecule has 1 amide bonds. The van der Waals surface area contributed by atoms with Gasteiger partial charge in [0, 0.05) is 43.4 Å². The summed E-state index contributed by atoms with van der Waals surface area (Å²) in [6, 6.07) is 7.55. The van der Waals surface area contributed by atoms with Gasteiger partial charge < -0.3 is 19.3 Å². The number of carbonyl (C=O) groups excluding carboxylic acids is 1. The number of aromatic nitrogens is 1. The van der Waals surface area contributed by atoms with Crippen molar-refractivity contribution in [1.82, 2.24) is 9.47 Å². The highest BCUT2D eigenvalue weighted by Gasteiger charge is 2.29. The first kappa shape index (κ1) is 15.6. The van der Waals surface area contributed by atoms with Crippen molar-refractivity contribution < 1.29 is 19.4 Å². The Labute approximate surface area is 134 Å². The zero-order valence-corrected chi connectivity index (χ0v) is 13.1. The van der Waals surface area contributed by atoms with Gasteiger partial charge in [-0.05, 0) is 18.9 Å². The molecular formula is C17H20N2O4. The number of hydrogen-bond acceptors (Lipinski definition) is 3. The Bertz CT molecular complexity index is 731. The molecule has 3 rings (SSSR count). The van der Waals surface area contributed by atoms with Crippen LogP contribution in [0.4, 0.5) is 0 Å². The van der Waals surface area contributed by atoms with Gasteiger partial charge in [0.2, 0.25) is 0 Å². The van der Waals surface area contributed by atoms with E-state index in [-0.39, 0.29) is 18.5 Å². The standard InChI is InChI=1S/C17H20N2O4/c1-18-10-14(13-4-2-3-5-15(13)18)17(22)19(11-16(20)21)12-6-8-23-9-7-12/h2-5,10,12H,6-9,11H2,1H3,(H,20,21). The molecule has 1 aliphatic heterocycles. The summed E-state index contributed by atoms with van der Waals surface area (Å²) in [5.74, 6) is -1.22. The molecule has 1 fully saturated rings. The number of carboxylic acid groups (broad SMARTS) is 1. The van der Waals surface area contributed by atoms with Crippen LogP contribution in [0.15, 0.2) is 30.5 Å². The summed E-state index contributed by atoms with van der Waals surface area (Å²) in [5, 5.41) is 10.0. The van der Waals surface area contributed by atoms with Gasteiger partial charge >= 0.3 is 5.97 Å².